The average Bonchev–Trinajstić information content (AvgIpc) is 3.00. The molecule has 0 spiro atoms. The van der Waals surface area contributed by atoms with Crippen LogP contribution in [0.2, 0.25) is 0 Å². The summed E-state index contributed by atoms with van der Waals surface area (Å²) in [5.41, 5.74) is 4.81. The zero-order valence-electron chi connectivity index (χ0n) is 19.5. The van der Waals surface area contributed by atoms with Crippen LogP contribution in [0.4, 0.5) is 0 Å². The molecule has 1 aromatic carbocycles. The highest BCUT2D eigenvalue weighted by molar-refractivity contribution is 6.04. The number of pyridine rings is 1. The molecule has 7 heteroatoms. The first-order valence-corrected chi connectivity index (χ1v) is 12.0. The monoisotopic (exact) mass is 445 g/mol. The number of benzene rings is 1. The summed E-state index contributed by atoms with van der Waals surface area (Å²) >= 11 is 0. The van der Waals surface area contributed by atoms with Crippen LogP contribution in [0, 0.1) is 13.8 Å². The van der Waals surface area contributed by atoms with Gasteiger partial charge in [-0.05, 0) is 51.3 Å². The zero-order valence-corrected chi connectivity index (χ0v) is 19.5. The fourth-order valence-electron chi connectivity index (χ4n) is 5.03. The van der Waals surface area contributed by atoms with Gasteiger partial charge < -0.3 is 14.4 Å². The van der Waals surface area contributed by atoms with Crippen LogP contribution < -0.4 is 0 Å². The molecule has 0 radical (unpaired) electrons. The summed E-state index contributed by atoms with van der Waals surface area (Å²) in [7, 11) is 0. The lowest BCUT2D eigenvalue weighted by Crippen LogP contribution is -2.37. The van der Waals surface area contributed by atoms with E-state index >= 15 is 0 Å². The fraction of sp³-hybridized carbons (Fsp3) is 0.462. The Hall–Kier alpha value is -3.22. The van der Waals surface area contributed by atoms with Crippen LogP contribution in [0.5, 0.6) is 0 Å². The molecule has 0 aliphatic carbocycles. The third kappa shape index (κ3) is 4.24. The van der Waals surface area contributed by atoms with Crippen LogP contribution in [0.25, 0.3) is 11.2 Å². The van der Waals surface area contributed by atoms with E-state index in [2.05, 4.69) is 4.57 Å². The second kappa shape index (κ2) is 8.96. The number of fused-ring (bicyclic) bond motifs is 3. The summed E-state index contributed by atoms with van der Waals surface area (Å²) in [6.07, 6.45) is 5.14. The maximum Gasteiger partial charge on any atom is 0.256 e. The molecule has 0 atom stereocenters. The largest absolute Gasteiger partial charge is 0.337 e. The molecule has 0 N–H and O–H groups in total. The van der Waals surface area contributed by atoms with Crippen LogP contribution in [0.15, 0.2) is 30.3 Å². The zero-order chi connectivity index (χ0) is 22.9. The van der Waals surface area contributed by atoms with Gasteiger partial charge in [0.2, 0.25) is 0 Å². The van der Waals surface area contributed by atoms with Crippen molar-refractivity contribution in [3.8, 4) is 0 Å². The van der Waals surface area contributed by atoms with Crippen molar-refractivity contribution in [1.82, 2.24) is 24.3 Å². The lowest BCUT2D eigenvalue weighted by molar-refractivity contribution is 0.0719. The molecule has 3 aromatic rings. The Morgan fingerprint density at radius 2 is 1.61 bits per heavy atom. The predicted octanol–water partition coefficient (Wildman–Crippen LogP) is 3.76. The Labute approximate surface area is 194 Å². The Morgan fingerprint density at radius 1 is 0.818 bits per heavy atom. The van der Waals surface area contributed by atoms with E-state index in [9.17, 15) is 9.59 Å². The summed E-state index contributed by atoms with van der Waals surface area (Å²) in [6.45, 7) is 7.19. The van der Waals surface area contributed by atoms with E-state index in [4.69, 9.17) is 9.97 Å². The van der Waals surface area contributed by atoms with Gasteiger partial charge in [0.25, 0.3) is 11.8 Å². The van der Waals surface area contributed by atoms with E-state index in [1.165, 1.54) is 6.42 Å². The molecule has 1 saturated heterocycles. The molecule has 0 bridgehead atoms. The number of rotatable bonds is 2. The maximum atomic E-state index is 13.6. The molecule has 0 saturated carbocycles. The number of hydrogen-bond acceptors (Lipinski definition) is 4. The topological polar surface area (TPSA) is 71.3 Å². The van der Waals surface area contributed by atoms with Crippen molar-refractivity contribution in [2.45, 2.75) is 52.5 Å². The third-order valence-corrected chi connectivity index (χ3v) is 6.76. The highest BCUT2D eigenvalue weighted by atomic mass is 16.2. The van der Waals surface area contributed by atoms with Gasteiger partial charge in [-0.2, -0.15) is 0 Å². The molecular weight excluding hydrogens is 414 g/mol. The van der Waals surface area contributed by atoms with Crippen LogP contribution in [0.1, 0.15) is 63.5 Å². The van der Waals surface area contributed by atoms with Crippen molar-refractivity contribution in [1.29, 1.82) is 0 Å². The number of aryl methyl sites for hydroxylation is 4. The number of aromatic nitrogens is 3. The average molecular weight is 446 g/mol. The Kier molecular flexibility index (Phi) is 5.87. The van der Waals surface area contributed by atoms with Gasteiger partial charge >= 0.3 is 0 Å². The Balaban J connectivity index is 1.38. The number of imidazole rings is 1. The lowest BCUT2D eigenvalue weighted by atomic mass is 10.1. The molecular formula is C26H31N5O2. The predicted molar refractivity (Wildman–Crippen MR) is 127 cm³/mol. The van der Waals surface area contributed by atoms with Crippen molar-refractivity contribution in [2.24, 2.45) is 0 Å². The van der Waals surface area contributed by atoms with Gasteiger partial charge in [-0.15, -0.1) is 0 Å². The van der Waals surface area contributed by atoms with Gasteiger partial charge in [-0.25, -0.2) is 9.97 Å². The number of hydrogen-bond donors (Lipinski definition) is 0. The molecule has 4 heterocycles. The normalized spacial score (nSPS) is 16.9. The number of amides is 2. The van der Waals surface area contributed by atoms with Gasteiger partial charge in [0.05, 0.1) is 5.56 Å². The summed E-state index contributed by atoms with van der Waals surface area (Å²) in [4.78, 5) is 40.0. The second-order valence-corrected chi connectivity index (χ2v) is 9.28. The van der Waals surface area contributed by atoms with Crippen LogP contribution in [-0.2, 0) is 13.0 Å². The summed E-state index contributed by atoms with van der Waals surface area (Å²) < 4.78 is 2.21. The van der Waals surface area contributed by atoms with Crippen molar-refractivity contribution < 1.29 is 9.59 Å². The standard InChI is InChI=1S/C26H31N5O2/c1-18-8-6-9-20(16-18)25(32)29-11-7-12-30(15-14-29)26(33)21-17-19(2)27-24-23(21)28-22-10-4-3-5-13-31(22)24/h6,8-9,16-17H,3-5,7,10-15H2,1-2H3. The summed E-state index contributed by atoms with van der Waals surface area (Å²) in [6, 6.07) is 9.57. The smallest absolute Gasteiger partial charge is 0.256 e. The van der Waals surface area contributed by atoms with Crippen LogP contribution in [-0.4, -0.2) is 62.3 Å². The SMILES string of the molecule is Cc1cccc(C(=O)N2CCCN(C(=O)c3cc(C)nc4c3nc3n4CCCCC3)CC2)c1. The van der Waals surface area contributed by atoms with Gasteiger partial charge in [0.1, 0.15) is 11.3 Å². The molecule has 2 aliphatic heterocycles. The minimum atomic E-state index is -0.0105. The molecule has 172 valence electrons. The molecule has 2 amide bonds. The minimum absolute atomic E-state index is 0.0105. The van der Waals surface area contributed by atoms with E-state index in [0.717, 1.165) is 60.5 Å². The number of carbonyl (C=O) groups is 2. The Bertz CT molecular complexity index is 1210. The van der Waals surface area contributed by atoms with Crippen LogP contribution in [0.3, 0.4) is 0 Å². The molecule has 1 fully saturated rings. The third-order valence-electron chi connectivity index (χ3n) is 6.76. The highest BCUT2D eigenvalue weighted by Gasteiger charge is 2.27. The summed E-state index contributed by atoms with van der Waals surface area (Å²) in [5.74, 6) is 1.07. The van der Waals surface area contributed by atoms with Gasteiger partial charge in [0.15, 0.2) is 5.65 Å². The molecule has 5 rings (SSSR count). The van der Waals surface area contributed by atoms with Gasteiger partial charge in [0, 0.05) is 50.4 Å². The molecule has 0 unspecified atom stereocenters. The van der Waals surface area contributed by atoms with E-state index in [1.807, 2.05) is 54.0 Å². The minimum Gasteiger partial charge on any atom is -0.337 e. The molecule has 33 heavy (non-hydrogen) atoms. The van der Waals surface area contributed by atoms with Crippen molar-refractivity contribution in [2.75, 3.05) is 26.2 Å². The van der Waals surface area contributed by atoms with Gasteiger partial charge in [-0.3, -0.25) is 9.59 Å². The summed E-state index contributed by atoms with van der Waals surface area (Å²) in [5, 5.41) is 0. The van der Waals surface area contributed by atoms with E-state index < -0.39 is 0 Å². The number of nitrogens with zero attached hydrogens (tertiary/aromatic N) is 5. The maximum absolute atomic E-state index is 13.6. The lowest BCUT2D eigenvalue weighted by Gasteiger charge is -2.22. The van der Waals surface area contributed by atoms with Gasteiger partial charge in [-0.1, -0.05) is 24.1 Å². The van der Waals surface area contributed by atoms with Crippen LogP contribution >= 0.6 is 0 Å². The molecule has 2 aromatic heterocycles. The van der Waals surface area contributed by atoms with E-state index in [-0.39, 0.29) is 11.8 Å². The Morgan fingerprint density at radius 3 is 2.39 bits per heavy atom. The second-order valence-electron chi connectivity index (χ2n) is 9.28. The quantitative estimate of drug-likeness (QED) is 0.602. The van der Waals surface area contributed by atoms with Crippen molar-refractivity contribution in [3.63, 3.8) is 0 Å². The highest BCUT2D eigenvalue weighted by Crippen LogP contribution is 2.25. The first-order chi connectivity index (χ1) is 16.0. The molecule has 2 aliphatic rings. The van der Waals surface area contributed by atoms with Crippen molar-refractivity contribution in [3.05, 3.63) is 58.5 Å². The molecule has 7 nitrogen and oxygen atoms in total. The van der Waals surface area contributed by atoms with E-state index in [0.29, 0.717) is 37.3 Å². The first-order valence-electron chi connectivity index (χ1n) is 12.0. The van der Waals surface area contributed by atoms with Crippen molar-refractivity contribution >= 4 is 23.0 Å². The number of carbonyl (C=O) groups excluding carboxylic acids is 2. The van der Waals surface area contributed by atoms with E-state index in [1.54, 1.807) is 0 Å². The fourth-order valence-corrected chi connectivity index (χ4v) is 5.03. The first kappa shape index (κ1) is 21.6.